The molecule has 2 N–H and O–H groups in total. The molecule has 0 bridgehead atoms. The number of benzene rings is 1. The first-order chi connectivity index (χ1) is 8.84. The first-order valence-electron chi connectivity index (χ1n) is 5.96. The molecular formula is C15H14N2O. The van der Waals surface area contributed by atoms with Crippen molar-refractivity contribution in [2.45, 2.75) is 12.5 Å². The van der Waals surface area contributed by atoms with Crippen molar-refractivity contribution in [2.75, 3.05) is 0 Å². The van der Waals surface area contributed by atoms with Crippen LogP contribution in [0.2, 0.25) is 0 Å². The molecule has 0 fully saturated rings. The Bertz CT molecular complexity index is 641. The minimum atomic E-state index is -0.0796. The van der Waals surface area contributed by atoms with Crippen molar-refractivity contribution in [1.29, 1.82) is 0 Å². The molecule has 0 amide bonds. The third-order valence-electron chi connectivity index (χ3n) is 3.08. The van der Waals surface area contributed by atoms with Crippen molar-refractivity contribution < 1.29 is 4.42 Å². The Morgan fingerprint density at radius 2 is 2.06 bits per heavy atom. The molecule has 18 heavy (non-hydrogen) atoms. The maximum atomic E-state index is 6.26. The SMILES string of the molecule is NC(Cc1ccco1)c1cccc2ncccc12. The average Bonchev–Trinajstić information content (AvgIpc) is 2.91. The smallest absolute Gasteiger partial charge is 0.105 e. The van der Waals surface area contributed by atoms with Crippen molar-refractivity contribution in [3.63, 3.8) is 0 Å². The summed E-state index contributed by atoms with van der Waals surface area (Å²) < 4.78 is 5.34. The standard InChI is InChI=1S/C15H14N2O/c16-14(10-11-4-3-9-18-11)12-5-1-7-15-13(12)6-2-8-17-15/h1-9,14H,10,16H2. The van der Waals surface area contributed by atoms with Crippen molar-refractivity contribution in [2.24, 2.45) is 5.73 Å². The molecule has 1 unspecified atom stereocenters. The summed E-state index contributed by atoms with van der Waals surface area (Å²) in [5.74, 6) is 0.906. The van der Waals surface area contributed by atoms with Gasteiger partial charge in [-0.2, -0.15) is 0 Å². The van der Waals surface area contributed by atoms with E-state index in [0.717, 1.165) is 22.2 Å². The third kappa shape index (κ3) is 2.00. The maximum absolute atomic E-state index is 6.26. The number of rotatable bonds is 3. The van der Waals surface area contributed by atoms with E-state index < -0.39 is 0 Å². The fourth-order valence-electron chi connectivity index (χ4n) is 2.21. The molecule has 2 heterocycles. The Hall–Kier alpha value is -2.13. The number of nitrogens with zero attached hydrogens (tertiary/aromatic N) is 1. The number of pyridine rings is 1. The second-order valence-corrected chi connectivity index (χ2v) is 4.31. The molecule has 2 aromatic heterocycles. The maximum Gasteiger partial charge on any atom is 0.105 e. The Kier molecular flexibility index (Phi) is 2.82. The van der Waals surface area contributed by atoms with E-state index in [1.807, 2.05) is 30.3 Å². The summed E-state index contributed by atoms with van der Waals surface area (Å²) in [5, 5.41) is 1.11. The molecule has 0 aliphatic heterocycles. The predicted octanol–water partition coefficient (Wildman–Crippen LogP) is 3.07. The van der Waals surface area contributed by atoms with Gasteiger partial charge in [-0.25, -0.2) is 0 Å². The first kappa shape index (κ1) is 11.0. The van der Waals surface area contributed by atoms with Crippen LogP contribution >= 0.6 is 0 Å². The molecule has 0 aliphatic carbocycles. The van der Waals surface area contributed by atoms with Crippen LogP contribution < -0.4 is 5.73 Å². The molecule has 3 nitrogen and oxygen atoms in total. The van der Waals surface area contributed by atoms with E-state index >= 15 is 0 Å². The number of furan rings is 1. The van der Waals surface area contributed by atoms with Crippen LogP contribution in [0.3, 0.4) is 0 Å². The lowest BCUT2D eigenvalue weighted by molar-refractivity contribution is 0.489. The highest BCUT2D eigenvalue weighted by Gasteiger charge is 2.12. The fourth-order valence-corrected chi connectivity index (χ4v) is 2.21. The lowest BCUT2D eigenvalue weighted by Crippen LogP contribution is -2.13. The number of hydrogen-bond acceptors (Lipinski definition) is 3. The Morgan fingerprint density at radius 3 is 2.89 bits per heavy atom. The van der Waals surface area contributed by atoms with E-state index in [1.54, 1.807) is 12.5 Å². The van der Waals surface area contributed by atoms with E-state index in [-0.39, 0.29) is 6.04 Å². The van der Waals surface area contributed by atoms with Gasteiger partial charge in [0.15, 0.2) is 0 Å². The molecule has 0 aliphatic rings. The number of aromatic nitrogens is 1. The largest absolute Gasteiger partial charge is 0.469 e. The topological polar surface area (TPSA) is 52.0 Å². The van der Waals surface area contributed by atoms with Gasteiger partial charge in [0.2, 0.25) is 0 Å². The van der Waals surface area contributed by atoms with E-state index in [2.05, 4.69) is 17.1 Å². The van der Waals surface area contributed by atoms with Crippen molar-refractivity contribution in [3.05, 3.63) is 66.2 Å². The van der Waals surface area contributed by atoms with Gasteiger partial charge >= 0.3 is 0 Å². The molecule has 0 spiro atoms. The molecular weight excluding hydrogens is 224 g/mol. The Labute approximate surface area is 105 Å². The minimum Gasteiger partial charge on any atom is -0.469 e. The molecule has 3 rings (SSSR count). The highest BCUT2D eigenvalue weighted by Crippen LogP contribution is 2.24. The van der Waals surface area contributed by atoms with E-state index in [0.29, 0.717) is 6.42 Å². The monoisotopic (exact) mass is 238 g/mol. The molecule has 3 heteroatoms. The summed E-state index contributed by atoms with van der Waals surface area (Å²) in [6.45, 7) is 0. The minimum absolute atomic E-state index is 0.0796. The third-order valence-corrected chi connectivity index (χ3v) is 3.08. The van der Waals surface area contributed by atoms with E-state index in [4.69, 9.17) is 10.2 Å². The van der Waals surface area contributed by atoms with Gasteiger partial charge in [-0.15, -0.1) is 0 Å². The first-order valence-corrected chi connectivity index (χ1v) is 5.96. The van der Waals surface area contributed by atoms with Gasteiger partial charge in [0.05, 0.1) is 11.8 Å². The zero-order valence-corrected chi connectivity index (χ0v) is 9.91. The summed E-state index contributed by atoms with van der Waals surface area (Å²) >= 11 is 0. The van der Waals surface area contributed by atoms with Crippen LogP contribution in [-0.4, -0.2) is 4.98 Å². The summed E-state index contributed by atoms with van der Waals surface area (Å²) in [4.78, 5) is 4.34. The van der Waals surface area contributed by atoms with Gasteiger partial charge in [0.25, 0.3) is 0 Å². The normalized spacial score (nSPS) is 12.7. The highest BCUT2D eigenvalue weighted by molar-refractivity contribution is 5.82. The van der Waals surface area contributed by atoms with Gasteiger partial charge in [0.1, 0.15) is 5.76 Å². The molecule has 90 valence electrons. The number of hydrogen-bond donors (Lipinski definition) is 1. The molecule has 0 saturated heterocycles. The molecule has 0 radical (unpaired) electrons. The second-order valence-electron chi connectivity index (χ2n) is 4.31. The summed E-state index contributed by atoms with van der Waals surface area (Å²) in [7, 11) is 0. The van der Waals surface area contributed by atoms with Crippen LogP contribution in [0.4, 0.5) is 0 Å². The number of fused-ring (bicyclic) bond motifs is 1. The fraction of sp³-hybridized carbons (Fsp3) is 0.133. The van der Waals surface area contributed by atoms with Gasteiger partial charge < -0.3 is 10.2 Å². The summed E-state index contributed by atoms with van der Waals surface area (Å²) in [5.41, 5.74) is 8.35. The molecule has 1 aromatic carbocycles. The Morgan fingerprint density at radius 1 is 1.11 bits per heavy atom. The second kappa shape index (κ2) is 4.63. The van der Waals surface area contributed by atoms with Crippen molar-refractivity contribution >= 4 is 10.9 Å². The predicted molar refractivity (Wildman–Crippen MR) is 71.1 cm³/mol. The van der Waals surface area contributed by atoms with Crippen LogP contribution in [0.5, 0.6) is 0 Å². The van der Waals surface area contributed by atoms with Gasteiger partial charge in [-0.3, -0.25) is 4.98 Å². The zero-order chi connectivity index (χ0) is 12.4. The quantitative estimate of drug-likeness (QED) is 0.763. The zero-order valence-electron chi connectivity index (χ0n) is 9.91. The highest BCUT2D eigenvalue weighted by atomic mass is 16.3. The molecule has 1 atom stereocenters. The van der Waals surface area contributed by atoms with E-state index in [1.165, 1.54) is 0 Å². The van der Waals surface area contributed by atoms with Crippen molar-refractivity contribution in [3.8, 4) is 0 Å². The van der Waals surface area contributed by atoms with Gasteiger partial charge in [0, 0.05) is 24.0 Å². The summed E-state index contributed by atoms with van der Waals surface area (Å²) in [6, 6.07) is 13.8. The van der Waals surface area contributed by atoms with E-state index in [9.17, 15) is 0 Å². The average molecular weight is 238 g/mol. The van der Waals surface area contributed by atoms with Crippen LogP contribution in [0.25, 0.3) is 10.9 Å². The van der Waals surface area contributed by atoms with Gasteiger partial charge in [-0.05, 0) is 29.8 Å². The summed E-state index contributed by atoms with van der Waals surface area (Å²) in [6.07, 6.45) is 4.16. The number of nitrogens with two attached hydrogens (primary N) is 1. The van der Waals surface area contributed by atoms with Gasteiger partial charge in [-0.1, -0.05) is 18.2 Å². The Balaban J connectivity index is 1.98. The molecule has 3 aromatic rings. The van der Waals surface area contributed by atoms with Crippen LogP contribution in [0, 0.1) is 0 Å². The molecule has 0 saturated carbocycles. The van der Waals surface area contributed by atoms with Crippen molar-refractivity contribution in [1.82, 2.24) is 4.98 Å². The lowest BCUT2D eigenvalue weighted by Gasteiger charge is -2.13. The van der Waals surface area contributed by atoms with Crippen LogP contribution in [0.15, 0.2) is 59.3 Å². The lowest BCUT2D eigenvalue weighted by atomic mass is 9.99. The van der Waals surface area contributed by atoms with Crippen LogP contribution in [-0.2, 0) is 6.42 Å². The van der Waals surface area contributed by atoms with Crippen LogP contribution in [0.1, 0.15) is 17.4 Å².